The number of aromatic nitrogens is 1. The second-order valence-corrected chi connectivity index (χ2v) is 6.71. The molecule has 2 aromatic rings. The molecule has 0 unspecified atom stereocenters. The zero-order valence-corrected chi connectivity index (χ0v) is 19.0. The molecule has 1 aromatic carbocycles. The summed E-state index contributed by atoms with van der Waals surface area (Å²) in [5.41, 5.74) is 2.66. The van der Waals surface area contributed by atoms with E-state index in [1.165, 1.54) is 16.8 Å². The van der Waals surface area contributed by atoms with E-state index < -0.39 is 5.91 Å². The number of aryl methyl sites for hydroxylation is 1. The van der Waals surface area contributed by atoms with Gasteiger partial charge in [-0.25, -0.2) is 5.43 Å². The first-order valence-electron chi connectivity index (χ1n) is 10.6. The molecule has 2 amide bonds. The number of nitrogens with zero attached hydrogens (tertiary/aromatic N) is 3. The number of pyridine rings is 1. The standard InChI is InChI=1S/C23H30N4O5/c1-5-26(6-2)21(28)16-32-19-12-11-17(14-20(19)31-8-4)15-24-25-22(29)18-10-9-13-27(7-3)23(18)30/h9-15H,5-8,16H2,1-4H3,(H,25,29)/b24-15-. The Hall–Kier alpha value is -3.62. The van der Waals surface area contributed by atoms with Gasteiger partial charge in [0.1, 0.15) is 5.56 Å². The molecular formula is C23H30N4O5. The normalized spacial score (nSPS) is 10.8. The molecule has 0 spiro atoms. The topological polar surface area (TPSA) is 102 Å². The summed E-state index contributed by atoms with van der Waals surface area (Å²) < 4.78 is 12.7. The van der Waals surface area contributed by atoms with Gasteiger partial charge in [0.25, 0.3) is 17.4 Å². The lowest BCUT2D eigenvalue weighted by Gasteiger charge is -2.19. The fraction of sp³-hybridized carbons (Fsp3) is 0.391. The van der Waals surface area contributed by atoms with Crippen molar-refractivity contribution in [3.63, 3.8) is 0 Å². The fourth-order valence-electron chi connectivity index (χ4n) is 2.98. The number of hydrogen-bond acceptors (Lipinski definition) is 6. The summed E-state index contributed by atoms with van der Waals surface area (Å²) in [6.45, 7) is 9.53. The highest BCUT2D eigenvalue weighted by molar-refractivity contribution is 5.94. The molecule has 0 radical (unpaired) electrons. The third-order valence-electron chi connectivity index (χ3n) is 4.72. The highest BCUT2D eigenvalue weighted by atomic mass is 16.5. The van der Waals surface area contributed by atoms with Gasteiger partial charge in [0, 0.05) is 25.8 Å². The first-order valence-corrected chi connectivity index (χ1v) is 10.6. The van der Waals surface area contributed by atoms with Crippen molar-refractivity contribution < 1.29 is 19.1 Å². The van der Waals surface area contributed by atoms with E-state index in [4.69, 9.17) is 9.47 Å². The number of amides is 2. The van der Waals surface area contributed by atoms with Gasteiger partial charge in [-0.15, -0.1) is 0 Å². The summed E-state index contributed by atoms with van der Waals surface area (Å²) in [6, 6.07) is 8.20. The Morgan fingerprint density at radius 2 is 1.84 bits per heavy atom. The average molecular weight is 443 g/mol. The largest absolute Gasteiger partial charge is 0.490 e. The number of nitrogens with one attached hydrogen (secondary N) is 1. The van der Waals surface area contributed by atoms with Crippen LogP contribution in [0.4, 0.5) is 0 Å². The van der Waals surface area contributed by atoms with Crippen molar-refractivity contribution in [2.24, 2.45) is 5.10 Å². The molecule has 0 aliphatic rings. The van der Waals surface area contributed by atoms with E-state index in [0.717, 1.165) is 0 Å². The van der Waals surface area contributed by atoms with Gasteiger partial charge in [-0.05, 0) is 63.6 Å². The Bertz CT molecular complexity index is 1010. The van der Waals surface area contributed by atoms with Gasteiger partial charge in [0.05, 0.1) is 12.8 Å². The zero-order valence-electron chi connectivity index (χ0n) is 19.0. The maximum absolute atomic E-state index is 12.3. The maximum atomic E-state index is 12.3. The smallest absolute Gasteiger partial charge is 0.276 e. The zero-order chi connectivity index (χ0) is 23.5. The molecule has 9 heteroatoms. The number of carbonyl (C=O) groups is 2. The Morgan fingerprint density at radius 1 is 1.09 bits per heavy atom. The second-order valence-electron chi connectivity index (χ2n) is 6.71. The van der Waals surface area contributed by atoms with Gasteiger partial charge in [0.15, 0.2) is 18.1 Å². The predicted octanol–water partition coefficient (Wildman–Crippen LogP) is 2.28. The van der Waals surface area contributed by atoms with Crippen molar-refractivity contribution in [1.82, 2.24) is 14.9 Å². The van der Waals surface area contributed by atoms with Crippen molar-refractivity contribution in [3.8, 4) is 11.5 Å². The summed E-state index contributed by atoms with van der Waals surface area (Å²) in [7, 11) is 0. The van der Waals surface area contributed by atoms with Crippen molar-refractivity contribution >= 4 is 18.0 Å². The van der Waals surface area contributed by atoms with Gasteiger partial charge in [-0.1, -0.05) is 0 Å². The molecule has 172 valence electrons. The van der Waals surface area contributed by atoms with E-state index in [-0.39, 0.29) is 23.6 Å². The number of rotatable bonds is 11. The minimum atomic E-state index is -0.589. The molecule has 0 fully saturated rings. The highest BCUT2D eigenvalue weighted by Crippen LogP contribution is 2.28. The van der Waals surface area contributed by atoms with E-state index in [0.29, 0.717) is 43.3 Å². The predicted molar refractivity (Wildman–Crippen MR) is 122 cm³/mol. The average Bonchev–Trinajstić information content (AvgIpc) is 2.79. The number of hydrazone groups is 1. The second kappa shape index (κ2) is 12.3. The fourth-order valence-corrected chi connectivity index (χ4v) is 2.98. The molecule has 32 heavy (non-hydrogen) atoms. The van der Waals surface area contributed by atoms with Crippen LogP contribution in [0.2, 0.25) is 0 Å². The number of ether oxygens (including phenoxy) is 2. The maximum Gasteiger partial charge on any atom is 0.276 e. The van der Waals surface area contributed by atoms with E-state index in [1.807, 2.05) is 27.7 Å². The Labute approximate surface area is 187 Å². The van der Waals surface area contributed by atoms with Crippen LogP contribution < -0.4 is 20.5 Å². The number of benzene rings is 1. The number of likely N-dealkylation sites (N-methyl/N-ethyl adjacent to an activating group) is 1. The Morgan fingerprint density at radius 3 is 2.50 bits per heavy atom. The minimum absolute atomic E-state index is 0.0168. The van der Waals surface area contributed by atoms with E-state index in [1.54, 1.807) is 35.4 Å². The van der Waals surface area contributed by atoms with Crippen LogP contribution in [-0.2, 0) is 11.3 Å². The molecule has 0 aliphatic heterocycles. The van der Waals surface area contributed by atoms with E-state index in [2.05, 4.69) is 10.5 Å². The summed E-state index contributed by atoms with van der Waals surface area (Å²) >= 11 is 0. The quantitative estimate of drug-likeness (QED) is 0.425. The van der Waals surface area contributed by atoms with Crippen LogP contribution in [0, 0.1) is 0 Å². The van der Waals surface area contributed by atoms with Crippen LogP contribution >= 0.6 is 0 Å². The molecule has 0 saturated heterocycles. The van der Waals surface area contributed by atoms with Crippen molar-refractivity contribution in [2.75, 3.05) is 26.3 Å². The van der Waals surface area contributed by atoms with Gasteiger partial charge < -0.3 is 18.9 Å². The first-order chi connectivity index (χ1) is 15.4. The summed E-state index contributed by atoms with van der Waals surface area (Å²) in [5.74, 6) is 0.213. The first kappa shape index (κ1) is 24.6. The SMILES string of the molecule is CCOc1cc(/C=N\NC(=O)c2cccn(CC)c2=O)ccc1OCC(=O)N(CC)CC. The lowest BCUT2D eigenvalue weighted by Crippen LogP contribution is -2.34. The summed E-state index contributed by atoms with van der Waals surface area (Å²) in [4.78, 5) is 38.4. The van der Waals surface area contributed by atoms with Gasteiger partial charge in [0.2, 0.25) is 0 Å². The van der Waals surface area contributed by atoms with Gasteiger partial charge in [-0.2, -0.15) is 5.10 Å². The molecule has 1 N–H and O–H groups in total. The van der Waals surface area contributed by atoms with Crippen molar-refractivity contribution in [2.45, 2.75) is 34.2 Å². The Balaban J connectivity index is 2.08. The lowest BCUT2D eigenvalue weighted by atomic mass is 10.2. The van der Waals surface area contributed by atoms with Gasteiger partial charge in [-0.3, -0.25) is 14.4 Å². The van der Waals surface area contributed by atoms with Crippen LogP contribution in [-0.4, -0.2) is 53.8 Å². The van der Waals surface area contributed by atoms with Crippen LogP contribution in [0.25, 0.3) is 0 Å². The molecule has 0 atom stereocenters. The molecule has 0 aliphatic carbocycles. The van der Waals surface area contributed by atoms with Crippen molar-refractivity contribution in [1.29, 1.82) is 0 Å². The molecular weight excluding hydrogens is 412 g/mol. The highest BCUT2D eigenvalue weighted by Gasteiger charge is 2.13. The van der Waals surface area contributed by atoms with Crippen LogP contribution in [0.1, 0.15) is 43.6 Å². The van der Waals surface area contributed by atoms with E-state index >= 15 is 0 Å². The van der Waals surface area contributed by atoms with Crippen LogP contribution in [0.5, 0.6) is 11.5 Å². The van der Waals surface area contributed by atoms with E-state index in [9.17, 15) is 14.4 Å². The lowest BCUT2D eigenvalue weighted by molar-refractivity contribution is -0.133. The monoisotopic (exact) mass is 442 g/mol. The molecule has 0 bridgehead atoms. The molecule has 9 nitrogen and oxygen atoms in total. The van der Waals surface area contributed by atoms with Crippen LogP contribution in [0.15, 0.2) is 46.4 Å². The molecule has 1 aromatic heterocycles. The Kier molecular flexibility index (Phi) is 9.46. The van der Waals surface area contributed by atoms with Gasteiger partial charge >= 0.3 is 0 Å². The van der Waals surface area contributed by atoms with Crippen LogP contribution in [0.3, 0.4) is 0 Å². The third-order valence-corrected chi connectivity index (χ3v) is 4.72. The molecule has 1 heterocycles. The number of carbonyl (C=O) groups excluding carboxylic acids is 2. The third kappa shape index (κ3) is 6.44. The number of hydrogen-bond donors (Lipinski definition) is 1. The van der Waals surface area contributed by atoms with Crippen molar-refractivity contribution in [3.05, 3.63) is 58.0 Å². The summed E-state index contributed by atoms with van der Waals surface area (Å²) in [5, 5.41) is 3.94. The minimum Gasteiger partial charge on any atom is -0.490 e. The summed E-state index contributed by atoms with van der Waals surface area (Å²) in [6.07, 6.45) is 3.06. The molecule has 2 rings (SSSR count). The molecule has 0 saturated carbocycles.